The van der Waals surface area contributed by atoms with Crippen LogP contribution in [0.1, 0.15) is 34.5 Å². The van der Waals surface area contributed by atoms with Crippen molar-refractivity contribution in [2.45, 2.75) is 18.5 Å². The topological polar surface area (TPSA) is 51.0 Å². The number of nitrogens with zero attached hydrogens (tertiary/aromatic N) is 4. The maximum Gasteiger partial charge on any atom is 0.161 e. The molecular formula is C32H28N4OS. The van der Waals surface area contributed by atoms with Gasteiger partial charge >= 0.3 is 0 Å². The fraction of sp³-hybridized carbons (Fsp3) is 0.156. The van der Waals surface area contributed by atoms with Gasteiger partial charge in [-0.25, -0.2) is 4.98 Å². The molecule has 0 spiro atoms. The van der Waals surface area contributed by atoms with Crippen LogP contribution in [0.3, 0.4) is 0 Å². The van der Waals surface area contributed by atoms with E-state index in [4.69, 9.17) is 5.10 Å². The third kappa shape index (κ3) is 4.64. The molecule has 38 heavy (non-hydrogen) atoms. The molecule has 3 aromatic carbocycles. The Bertz CT molecular complexity index is 1430. The molecule has 0 amide bonds. The Morgan fingerprint density at radius 2 is 1.45 bits per heavy atom. The van der Waals surface area contributed by atoms with Gasteiger partial charge in [0.2, 0.25) is 0 Å². The molecule has 5 nitrogen and oxygen atoms in total. The molecule has 0 radical (unpaired) electrons. The van der Waals surface area contributed by atoms with Crippen LogP contribution in [0.4, 0.5) is 0 Å². The summed E-state index contributed by atoms with van der Waals surface area (Å²) in [6, 6.07) is 33.9. The van der Waals surface area contributed by atoms with Crippen LogP contribution in [0, 0.1) is 0 Å². The second kappa shape index (κ2) is 10.7. The predicted molar refractivity (Wildman–Crippen MR) is 152 cm³/mol. The molecule has 1 fully saturated rings. The lowest BCUT2D eigenvalue weighted by atomic mass is 9.74. The lowest BCUT2D eigenvalue weighted by Gasteiger charge is -2.47. The average Bonchev–Trinajstić information content (AvgIpc) is 3.65. The predicted octanol–water partition coefficient (Wildman–Crippen LogP) is 6.04. The van der Waals surface area contributed by atoms with Crippen molar-refractivity contribution in [3.05, 3.63) is 148 Å². The van der Waals surface area contributed by atoms with Crippen LogP contribution in [-0.2, 0) is 16.9 Å². The number of hydrogen-bond acceptors (Lipinski definition) is 5. The lowest BCUT2D eigenvalue weighted by molar-refractivity contribution is -0.117. The van der Waals surface area contributed by atoms with Crippen molar-refractivity contribution in [3.63, 3.8) is 0 Å². The van der Waals surface area contributed by atoms with Crippen LogP contribution in [0.2, 0.25) is 0 Å². The van der Waals surface area contributed by atoms with Crippen molar-refractivity contribution >= 4 is 23.2 Å². The highest BCUT2D eigenvalue weighted by molar-refractivity contribution is 7.07. The van der Waals surface area contributed by atoms with E-state index in [9.17, 15) is 4.79 Å². The third-order valence-corrected chi connectivity index (χ3v) is 7.80. The van der Waals surface area contributed by atoms with E-state index < -0.39 is 5.54 Å². The Labute approximate surface area is 226 Å². The van der Waals surface area contributed by atoms with Crippen molar-refractivity contribution in [2.75, 3.05) is 13.1 Å². The van der Waals surface area contributed by atoms with Gasteiger partial charge in [0.05, 0.1) is 29.0 Å². The summed E-state index contributed by atoms with van der Waals surface area (Å²) >= 11 is 1.58. The Kier molecular flexibility index (Phi) is 6.82. The number of Topliss-reactive ketones (excluding diaryl/α,β-unsaturated/α-hetero) is 1. The van der Waals surface area contributed by atoms with Crippen LogP contribution in [0.5, 0.6) is 0 Å². The molecule has 188 valence electrons. The van der Waals surface area contributed by atoms with Crippen LogP contribution >= 0.6 is 11.3 Å². The van der Waals surface area contributed by atoms with Gasteiger partial charge in [0, 0.05) is 36.7 Å². The number of likely N-dealkylation sites (tertiary alicyclic amines) is 1. The molecule has 0 unspecified atom stereocenters. The molecule has 1 aliphatic rings. The van der Waals surface area contributed by atoms with Crippen molar-refractivity contribution in [2.24, 2.45) is 0 Å². The van der Waals surface area contributed by atoms with Crippen LogP contribution in [0.15, 0.2) is 120 Å². The van der Waals surface area contributed by atoms with E-state index in [0.29, 0.717) is 26.1 Å². The van der Waals surface area contributed by atoms with E-state index in [2.05, 4.69) is 101 Å². The van der Waals surface area contributed by atoms with E-state index in [0.717, 1.165) is 17.0 Å². The number of carbonyl (C=O) groups excluding carboxylic acids is 1. The quantitative estimate of drug-likeness (QED) is 0.196. The first-order valence-corrected chi connectivity index (χ1v) is 13.7. The summed E-state index contributed by atoms with van der Waals surface area (Å²) in [6.45, 7) is 1.80. The van der Waals surface area contributed by atoms with Crippen LogP contribution in [-0.4, -0.2) is 38.5 Å². The molecule has 0 aliphatic carbocycles. The summed E-state index contributed by atoms with van der Waals surface area (Å²) in [7, 11) is 0. The minimum atomic E-state index is -0.548. The zero-order valence-electron chi connectivity index (χ0n) is 21.0. The highest BCUT2D eigenvalue weighted by Crippen LogP contribution is 2.43. The number of carbonyl (C=O) groups is 1. The largest absolute Gasteiger partial charge is 0.294 e. The number of ketones is 1. The van der Waals surface area contributed by atoms with E-state index in [-0.39, 0.29) is 5.78 Å². The minimum Gasteiger partial charge on any atom is -0.294 e. The number of hydrogen-bond donors (Lipinski definition) is 0. The summed E-state index contributed by atoms with van der Waals surface area (Å²) in [6.07, 6.45) is 4.36. The van der Waals surface area contributed by atoms with Crippen molar-refractivity contribution in [3.8, 4) is 0 Å². The molecule has 0 N–H and O–H groups in total. The van der Waals surface area contributed by atoms with Gasteiger partial charge in [-0.1, -0.05) is 91.0 Å². The molecule has 0 bridgehead atoms. The maximum absolute atomic E-state index is 13.2. The number of rotatable bonds is 7. The zero-order chi connectivity index (χ0) is 25.8. The van der Waals surface area contributed by atoms with Crippen molar-refractivity contribution in [1.29, 1.82) is 0 Å². The second-order valence-electron chi connectivity index (χ2n) is 9.49. The van der Waals surface area contributed by atoms with E-state index in [1.54, 1.807) is 11.3 Å². The van der Waals surface area contributed by atoms with Crippen LogP contribution in [0.25, 0.3) is 6.08 Å². The van der Waals surface area contributed by atoms with Crippen molar-refractivity contribution in [1.82, 2.24) is 19.7 Å². The molecule has 6 rings (SSSR count). The smallest absolute Gasteiger partial charge is 0.161 e. The Morgan fingerprint density at radius 1 is 0.842 bits per heavy atom. The first-order valence-electron chi connectivity index (χ1n) is 12.8. The summed E-state index contributed by atoms with van der Waals surface area (Å²) in [5.41, 5.74) is 7.37. The van der Waals surface area contributed by atoms with Gasteiger partial charge in [0.25, 0.3) is 0 Å². The van der Waals surface area contributed by atoms with Gasteiger partial charge in [-0.2, -0.15) is 5.10 Å². The highest BCUT2D eigenvalue weighted by Gasteiger charge is 2.44. The summed E-state index contributed by atoms with van der Waals surface area (Å²) < 4.78 is 1.87. The normalized spacial score (nSPS) is 15.7. The van der Waals surface area contributed by atoms with Gasteiger partial charge in [-0.05, 0) is 28.8 Å². The lowest BCUT2D eigenvalue weighted by Crippen LogP contribution is -2.52. The minimum absolute atomic E-state index is 0.179. The van der Waals surface area contributed by atoms with Crippen molar-refractivity contribution < 1.29 is 4.79 Å². The van der Waals surface area contributed by atoms with Crippen LogP contribution < -0.4 is 0 Å². The summed E-state index contributed by atoms with van der Waals surface area (Å²) in [5.74, 6) is 0.179. The zero-order valence-corrected chi connectivity index (χ0v) is 21.8. The first kappa shape index (κ1) is 24.2. The summed E-state index contributed by atoms with van der Waals surface area (Å²) in [5, 5.41) is 6.74. The Balaban J connectivity index is 1.42. The fourth-order valence-electron chi connectivity index (χ4n) is 5.47. The van der Waals surface area contributed by atoms with Gasteiger partial charge in [-0.3, -0.25) is 14.4 Å². The second-order valence-corrected chi connectivity index (χ2v) is 10.2. The molecular weight excluding hydrogens is 488 g/mol. The molecule has 2 aromatic heterocycles. The molecule has 3 heterocycles. The fourth-order valence-corrected chi connectivity index (χ4v) is 6.02. The molecule has 1 aliphatic heterocycles. The highest BCUT2D eigenvalue weighted by atomic mass is 32.1. The Hall–Kier alpha value is -4.13. The van der Waals surface area contributed by atoms with Gasteiger partial charge in [0.1, 0.15) is 0 Å². The van der Waals surface area contributed by atoms with E-state index in [1.165, 1.54) is 16.7 Å². The first-order chi connectivity index (χ1) is 18.7. The molecule has 1 saturated heterocycles. The number of thiazole rings is 1. The number of piperidine rings is 1. The molecule has 6 heteroatoms. The Morgan fingerprint density at radius 3 is 2.00 bits per heavy atom. The van der Waals surface area contributed by atoms with E-state index >= 15 is 0 Å². The summed E-state index contributed by atoms with van der Waals surface area (Å²) in [4.78, 5) is 20.0. The standard InChI is InChI=1S/C32H28N4OS/c37-31-17-18-35(21-25(31)20-29-16-19-36(34-29)22-30-23-38-24-33-30)32(26-10-4-1-5-11-26,27-12-6-2-7-13-27)28-14-8-3-9-15-28/h1-16,19-20,23-24H,17-18,21-22H2/b25-20+. The molecule has 0 saturated carbocycles. The number of benzene rings is 3. The third-order valence-electron chi connectivity index (χ3n) is 7.17. The van der Waals surface area contributed by atoms with Gasteiger partial charge < -0.3 is 0 Å². The van der Waals surface area contributed by atoms with Gasteiger partial charge in [-0.15, -0.1) is 11.3 Å². The van der Waals surface area contributed by atoms with E-state index in [1.807, 2.05) is 33.9 Å². The SMILES string of the molecule is O=C1CCN(C(c2ccccc2)(c2ccccc2)c2ccccc2)C/C1=C\c1ccn(Cc2cscn2)n1. The maximum atomic E-state index is 13.2. The monoisotopic (exact) mass is 516 g/mol. The molecule has 5 aromatic rings. The molecule has 0 atom stereocenters. The average molecular weight is 517 g/mol. The van der Waals surface area contributed by atoms with Gasteiger partial charge in [0.15, 0.2) is 5.78 Å². The number of aromatic nitrogens is 3.